The van der Waals surface area contributed by atoms with E-state index in [4.69, 9.17) is 33.9 Å². The number of aliphatic hydroxyl groups excluding tert-OH is 1. The molecule has 0 rings (SSSR count). The third kappa shape index (κ3) is 31.9. The van der Waals surface area contributed by atoms with Crippen molar-refractivity contribution in [1.29, 1.82) is 0 Å². The van der Waals surface area contributed by atoms with E-state index >= 15 is 0 Å². The molecule has 28 heavy (non-hydrogen) atoms. The van der Waals surface area contributed by atoms with Crippen LogP contribution in [0.2, 0.25) is 0 Å². The first kappa shape index (κ1) is 30.9. The van der Waals surface area contributed by atoms with Crippen LogP contribution in [-0.2, 0) is 33.3 Å². The molecule has 0 aromatic heterocycles. The van der Waals surface area contributed by atoms with E-state index in [1.54, 1.807) is 12.2 Å². The second kappa shape index (κ2) is 27.4. The van der Waals surface area contributed by atoms with Gasteiger partial charge in [0.05, 0.1) is 72.3 Å². The lowest BCUT2D eigenvalue weighted by molar-refractivity contribution is -0.148. The molecule has 0 aliphatic heterocycles. The van der Waals surface area contributed by atoms with Crippen molar-refractivity contribution in [2.24, 2.45) is 0 Å². The van der Waals surface area contributed by atoms with E-state index in [1.807, 2.05) is 0 Å². The van der Waals surface area contributed by atoms with Crippen LogP contribution >= 0.6 is 0 Å². The fourth-order valence-electron chi connectivity index (χ4n) is 1.33. The van der Waals surface area contributed by atoms with Crippen LogP contribution in [0.5, 0.6) is 0 Å². The Morgan fingerprint density at radius 2 is 1.21 bits per heavy atom. The molecular formula is C19H36O9. The molecule has 0 spiro atoms. The Labute approximate surface area is 167 Å². The minimum Gasteiger partial charge on any atom is -0.481 e. The molecule has 0 amide bonds. The highest BCUT2D eigenvalue weighted by Crippen LogP contribution is 1.92. The number of hydrogen-bond acceptors (Lipinski definition) is 8. The average molecular weight is 408 g/mol. The van der Waals surface area contributed by atoms with Crippen LogP contribution in [0.3, 0.4) is 0 Å². The number of carboxylic acids is 1. The van der Waals surface area contributed by atoms with Crippen molar-refractivity contribution in [3.05, 3.63) is 25.3 Å². The summed E-state index contributed by atoms with van der Waals surface area (Å²) in [5.41, 5.74) is 0. The molecule has 166 valence electrons. The van der Waals surface area contributed by atoms with E-state index in [1.165, 1.54) is 0 Å². The lowest BCUT2D eigenvalue weighted by Gasteiger charge is -2.05. The van der Waals surface area contributed by atoms with Gasteiger partial charge >= 0.3 is 11.9 Å². The summed E-state index contributed by atoms with van der Waals surface area (Å²) in [6, 6.07) is 0. The summed E-state index contributed by atoms with van der Waals surface area (Å²) in [6.45, 7) is 10.8. The summed E-state index contributed by atoms with van der Waals surface area (Å²) >= 11 is 0. The molecule has 0 fully saturated rings. The molecule has 0 saturated carbocycles. The summed E-state index contributed by atoms with van der Waals surface area (Å²) < 4.78 is 24.8. The van der Waals surface area contributed by atoms with E-state index in [9.17, 15) is 9.59 Å². The first-order valence-electron chi connectivity index (χ1n) is 8.59. The van der Waals surface area contributed by atoms with Gasteiger partial charge in [0.1, 0.15) is 6.61 Å². The van der Waals surface area contributed by atoms with Crippen molar-refractivity contribution in [1.82, 2.24) is 0 Å². The molecule has 0 atom stereocenters. The molecular weight excluding hydrogens is 372 g/mol. The number of rotatable bonds is 18. The van der Waals surface area contributed by atoms with Gasteiger partial charge in [0.15, 0.2) is 0 Å². The normalized spacial score (nSPS) is 9.46. The van der Waals surface area contributed by atoms with Gasteiger partial charge in [-0.3, -0.25) is 9.59 Å². The fourth-order valence-corrected chi connectivity index (χ4v) is 1.33. The topological polar surface area (TPSA) is 121 Å². The van der Waals surface area contributed by atoms with Crippen LogP contribution < -0.4 is 0 Å². The fraction of sp³-hybridized carbons (Fsp3) is 0.684. The monoisotopic (exact) mass is 408 g/mol. The van der Waals surface area contributed by atoms with E-state index in [0.29, 0.717) is 46.2 Å². The van der Waals surface area contributed by atoms with Gasteiger partial charge in [-0.2, -0.15) is 0 Å². The predicted molar refractivity (Wildman–Crippen MR) is 105 cm³/mol. The second-order valence-electron chi connectivity index (χ2n) is 4.79. The molecule has 0 aliphatic rings. The van der Waals surface area contributed by atoms with Crippen molar-refractivity contribution < 1.29 is 43.5 Å². The molecule has 0 unspecified atom stereocenters. The van der Waals surface area contributed by atoms with Crippen molar-refractivity contribution in [2.45, 2.75) is 20.3 Å². The largest absolute Gasteiger partial charge is 0.481 e. The van der Waals surface area contributed by atoms with Crippen LogP contribution in [-0.4, -0.2) is 88.2 Å². The Morgan fingerprint density at radius 3 is 1.68 bits per heavy atom. The summed E-state index contributed by atoms with van der Waals surface area (Å²) in [6.07, 6.45) is 3.00. The van der Waals surface area contributed by atoms with Crippen molar-refractivity contribution in [3.8, 4) is 0 Å². The molecule has 2 N–H and O–H groups in total. The zero-order valence-corrected chi connectivity index (χ0v) is 15.8. The number of aliphatic hydroxyl groups is 1. The highest BCUT2D eigenvalue weighted by atomic mass is 16.6. The van der Waals surface area contributed by atoms with E-state index in [0.717, 1.165) is 0 Å². The van der Waals surface area contributed by atoms with Gasteiger partial charge < -0.3 is 33.9 Å². The van der Waals surface area contributed by atoms with Crippen LogP contribution in [0.15, 0.2) is 25.3 Å². The Hall–Kier alpha value is -1.78. The first-order chi connectivity index (χ1) is 13.1. The lowest BCUT2D eigenvalue weighted by atomic mass is 10.3. The summed E-state index contributed by atoms with van der Waals surface area (Å²) in [5.74, 6) is -1.54. The van der Waals surface area contributed by atoms with Gasteiger partial charge in [-0.1, -0.05) is 19.6 Å². The van der Waals surface area contributed by atoms with Gasteiger partial charge in [-0.15, -0.1) is 13.2 Å². The van der Waals surface area contributed by atoms with Gasteiger partial charge in [-0.25, -0.2) is 0 Å². The molecule has 9 nitrogen and oxygen atoms in total. The maximum absolute atomic E-state index is 10.9. The maximum Gasteiger partial charge on any atom is 0.306 e. The third-order valence-corrected chi connectivity index (χ3v) is 2.48. The van der Waals surface area contributed by atoms with Crippen LogP contribution in [0.25, 0.3) is 0 Å². The summed E-state index contributed by atoms with van der Waals surface area (Å²) in [5, 5.41) is 16.6. The number of esters is 1. The molecule has 0 radical (unpaired) electrons. The summed E-state index contributed by atoms with van der Waals surface area (Å²) in [4.78, 5) is 21.1. The zero-order chi connectivity index (χ0) is 20.6. The quantitative estimate of drug-likeness (QED) is 0.197. The molecule has 0 aromatic carbocycles. The SMILES string of the molecule is C.C=CCOCCOCCO.C=CCOCCOCCOC(=O)CCC(=O)O. The Balaban J connectivity index is -0.000000489. The predicted octanol–water partition coefficient (Wildman–Crippen LogP) is 1.45. The number of aliphatic carboxylic acids is 1. The molecule has 9 heteroatoms. The van der Waals surface area contributed by atoms with Crippen molar-refractivity contribution in [2.75, 3.05) is 66.1 Å². The minimum absolute atomic E-state index is 0. The Kier molecular flexibility index (Phi) is 30.3. The molecule has 0 aromatic rings. The smallest absolute Gasteiger partial charge is 0.306 e. The van der Waals surface area contributed by atoms with Gasteiger partial charge in [-0.05, 0) is 0 Å². The molecule has 0 heterocycles. The number of carboxylic acid groups (broad SMARTS) is 1. The minimum atomic E-state index is -1.02. The van der Waals surface area contributed by atoms with Crippen LogP contribution in [0, 0.1) is 0 Å². The van der Waals surface area contributed by atoms with Gasteiger partial charge in [0, 0.05) is 0 Å². The Morgan fingerprint density at radius 1 is 0.750 bits per heavy atom. The van der Waals surface area contributed by atoms with E-state index < -0.39 is 11.9 Å². The highest BCUT2D eigenvalue weighted by Gasteiger charge is 2.05. The maximum atomic E-state index is 10.9. The second-order valence-corrected chi connectivity index (χ2v) is 4.79. The first-order valence-corrected chi connectivity index (χ1v) is 8.59. The van der Waals surface area contributed by atoms with Crippen LogP contribution in [0.1, 0.15) is 20.3 Å². The number of carbonyl (C=O) groups excluding carboxylic acids is 1. The lowest BCUT2D eigenvalue weighted by Crippen LogP contribution is -2.13. The third-order valence-electron chi connectivity index (χ3n) is 2.48. The molecule has 0 saturated heterocycles. The standard InChI is InChI=1S/C11H18O6.C7H14O3.CH4/c1-2-5-15-6-7-16-8-9-17-11(14)4-3-10(12)13;1-2-4-9-6-7-10-5-3-8;/h2H,1,3-9H2,(H,12,13);2,8H,1,3-7H2;1H4. The van der Waals surface area contributed by atoms with Gasteiger partial charge in [0.25, 0.3) is 0 Å². The van der Waals surface area contributed by atoms with Crippen molar-refractivity contribution >= 4 is 11.9 Å². The molecule has 0 bridgehead atoms. The van der Waals surface area contributed by atoms with Gasteiger partial charge in [0.2, 0.25) is 0 Å². The number of ether oxygens (including phenoxy) is 5. The van der Waals surface area contributed by atoms with Crippen molar-refractivity contribution in [3.63, 3.8) is 0 Å². The number of hydrogen-bond donors (Lipinski definition) is 2. The highest BCUT2D eigenvalue weighted by molar-refractivity contribution is 5.76. The average Bonchev–Trinajstić information content (AvgIpc) is 2.65. The van der Waals surface area contributed by atoms with E-state index in [2.05, 4.69) is 13.2 Å². The molecule has 0 aliphatic carbocycles. The van der Waals surface area contributed by atoms with Crippen LogP contribution in [0.4, 0.5) is 0 Å². The zero-order valence-electron chi connectivity index (χ0n) is 15.8. The number of carbonyl (C=O) groups is 2. The Bertz CT molecular complexity index is 372. The summed E-state index contributed by atoms with van der Waals surface area (Å²) in [7, 11) is 0. The van der Waals surface area contributed by atoms with E-state index in [-0.39, 0.29) is 40.1 Å².